The number of rotatable bonds is 18. The van der Waals surface area contributed by atoms with Crippen LogP contribution in [0.15, 0.2) is 0 Å². The van der Waals surface area contributed by atoms with Crippen LogP contribution in [0.2, 0.25) is 0 Å². The molecule has 2 atom stereocenters. The summed E-state index contributed by atoms with van der Waals surface area (Å²) in [6, 6.07) is -0.126. The highest BCUT2D eigenvalue weighted by molar-refractivity contribution is 5.83. The molecule has 0 radical (unpaired) electrons. The minimum absolute atomic E-state index is 0. The molecule has 0 bridgehead atoms. The van der Waals surface area contributed by atoms with E-state index in [1.807, 2.05) is 32.8 Å². The van der Waals surface area contributed by atoms with Gasteiger partial charge in [-0.1, -0.05) is 62.8 Å². The summed E-state index contributed by atoms with van der Waals surface area (Å²) in [7, 11) is 3.81. The Morgan fingerprint density at radius 1 is 0.615 bits per heavy atom. The first kappa shape index (κ1) is 41.3. The molecule has 232 valence electrons. The van der Waals surface area contributed by atoms with Gasteiger partial charge in [0.2, 0.25) is 23.6 Å². The molecule has 0 aliphatic rings. The Hall–Kier alpha value is -2.16. The van der Waals surface area contributed by atoms with Crippen LogP contribution in [-0.4, -0.2) is 74.8 Å². The van der Waals surface area contributed by atoms with Gasteiger partial charge in [0.15, 0.2) is 0 Å². The summed E-state index contributed by atoms with van der Waals surface area (Å²) in [6.45, 7) is 18.8. The third-order valence-corrected chi connectivity index (χ3v) is 5.93. The van der Waals surface area contributed by atoms with Gasteiger partial charge in [-0.15, -0.1) is 0 Å². The fourth-order valence-corrected chi connectivity index (χ4v) is 3.74. The molecular weight excluding hydrogens is 494 g/mol. The standard InChI is InChI=1S/C15H30N2O2.C14H29N3O2.CH4/c1-6-8-16-14(18)7-9-17-15(19)13(12(4)5)10-11(2)3;1-6-8-15-13(18)7-9-16-14(19)12(17(4)5)10-11(2)3;/h11-13H,6-10H2,1-5H3,(H,16,18)(H,17,19);11-12H,6-10H2,1-5H3,(H,15,18)(H,16,19);1H4. The molecular formula is C30H63N5O4. The van der Waals surface area contributed by atoms with Crippen molar-refractivity contribution in [3.8, 4) is 0 Å². The molecule has 0 aliphatic carbocycles. The highest BCUT2D eigenvalue weighted by Gasteiger charge is 2.23. The third-order valence-electron chi connectivity index (χ3n) is 5.93. The van der Waals surface area contributed by atoms with E-state index in [0.29, 0.717) is 56.8 Å². The van der Waals surface area contributed by atoms with Crippen LogP contribution < -0.4 is 21.3 Å². The fourth-order valence-electron chi connectivity index (χ4n) is 3.74. The topological polar surface area (TPSA) is 120 Å². The van der Waals surface area contributed by atoms with Crippen molar-refractivity contribution in [2.24, 2.45) is 23.7 Å². The third kappa shape index (κ3) is 23.4. The van der Waals surface area contributed by atoms with E-state index in [4.69, 9.17) is 0 Å². The van der Waals surface area contributed by atoms with Crippen LogP contribution in [0.3, 0.4) is 0 Å². The molecule has 0 aliphatic heterocycles. The van der Waals surface area contributed by atoms with E-state index in [0.717, 1.165) is 25.7 Å². The van der Waals surface area contributed by atoms with E-state index in [9.17, 15) is 19.2 Å². The highest BCUT2D eigenvalue weighted by Crippen LogP contribution is 2.20. The van der Waals surface area contributed by atoms with Crippen molar-refractivity contribution in [1.29, 1.82) is 0 Å². The Morgan fingerprint density at radius 2 is 1.03 bits per heavy atom. The molecule has 0 aromatic rings. The summed E-state index contributed by atoms with van der Waals surface area (Å²) in [5.41, 5.74) is 0. The Balaban J connectivity index is -0.000000648. The minimum atomic E-state index is -0.126. The fraction of sp³-hybridized carbons (Fsp3) is 0.867. The molecule has 0 aromatic carbocycles. The van der Waals surface area contributed by atoms with Gasteiger partial charge in [-0.2, -0.15) is 0 Å². The monoisotopic (exact) mass is 557 g/mol. The van der Waals surface area contributed by atoms with Crippen molar-refractivity contribution in [3.05, 3.63) is 0 Å². The Bertz CT molecular complexity index is 610. The summed E-state index contributed by atoms with van der Waals surface area (Å²) >= 11 is 0. The molecule has 0 heterocycles. The van der Waals surface area contributed by atoms with Crippen molar-refractivity contribution >= 4 is 23.6 Å². The molecule has 0 spiro atoms. The van der Waals surface area contributed by atoms with Gasteiger partial charge in [0, 0.05) is 44.9 Å². The first-order valence-electron chi connectivity index (χ1n) is 14.5. The maximum absolute atomic E-state index is 12.1. The second kappa shape index (κ2) is 24.9. The second-order valence-electron chi connectivity index (χ2n) is 11.4. The van der Waals surface area contributed by atoms with Gasteiger partial charge in [-0.25, -0.2) is 0 Å². The number of likely N-dealkylation sites (N-methyl/N-ethyl adjacent to an activating group) is 1. The maximum Gasteiger partial charge on any atom is 0.237 e. The lowest BCUT2D eigenvalue weighted by Crippen LogP contribution is -2.45. The molecule has 2 unspecified atom stereocenters. The van der Waals surface area contributed by atoms with E-state index in [2.05, 4.69) is 62.8 Å². The summed E-state index contributed by atoms with van der Waals surface area (Å²) in [6.07, 6.45) is 4.27. The Labute approximate surface area is 240 Å². The zero-order valence-electron chi connectivity index (χ0n) is 26.0. The van der Waals surface area contributed by atoms with Gasteiger partial charge >= 0.3 is 0 Å². The summed E-state index contributed by atoms with van der Waals surface area (Å²) < 4.78 is 0. The molecule has 9 heteroatoms. The molecule has 4 amide bonds. The van der Waals surface area contributed by atoms with Gasteiger partial charge in [0.05, 0.1) is 6.04 Å². The van der Waals surface area contributed by atoms with Gasteiger partial charge in [-0.05, 0) is 57.5 Å². The Morgan fingerprint density at radius 3 is 1.36 bits per heavy atom. The number of carbonyl (C=O) groups excluding carboxylic acids is 4. The number of hydrogen-bond donors (Lipinski definition) is 4. The molecule has 0 saturated heterocycles. The van der Waals surface area contributed by atoms with Crippen LogP contribution in [0.4, 0.5) is 0 Å². The van der Waals surface area contributed by atoms with Gasteiger partial charge in [0.25, 0.3) is 0 Å². The first-order chi connectivity index (χ1) is 17.8. The normalized spacial score (nSPS) is 12.3. The van der Waals surface area contributed by atoms with Crippen LogP contribution in [-0.2, 0) is 19.2 Å². The van der Waals surface area contributed by atoms with Crippen molar-refractivity contribution in [1.82, 2.24) is 26.2 Å². The van der Waals surface area contributed by atoms with E-state index < -0.39 is 0 Å². The molecule has 4 N–H and O–H groups in total. The number of nitrogens with one attached hydrogen (secondary N) is 4. The maximum atomic E-state index is 12.1. The number of carbonyl (C=O) groups is 4. The first-order valence-corrected chi connectivity index (χ1v) is 14.5. The van der Waals surface area contributed by atoms with Crippen molar-refractivity contribution in [2.45, 2.75) is 107 Å². The van der Waals surface area contributed by atoms with Gasteiger partial charge in [-0.3, -0.25) is 24.1 Å². The van der Waals surface area contributed by atoms with Crippen LogP contribution in [0.1, 0.15) is 101 Å². The van der Waals surface area contributed by atoms with Crippen LogP contribution >= 0.6 is 0 Å². The smallest absolute Gasteiger partial charge is 0.237 e. The SMILES string of the molecule is C.CCCNC(=O)CCNC(=O)C(CC(C)C)C(C)C.CCCNC(=O)CCNC(=O)C(CC(C)C)N(C)C. The zero-order valence-corrected chi connectivity index (χ0v) is 26.0. The summed E-state index contributed by atoms with van der Waals surface area (Å²) in [5.74, 6) is 1.42. The van der Waals surface area contributed by atoms with Crippen LogP contribution in [0.25, 0.3) is 0 Å². The average molecular weight is 558 g/mol. The van der Waals surface area contributed by atoms with E-state index in [1.54, 1.807) is 0 Å². The van der Waals surface area contributed by atoms with E-state index in [1.165, 1.54) is 0 Å². The lowest BCUT2D eigenvalue weighted by Gasteiger charge is -2.24. The van der Waals surface area contributed by atoms with Crippen molar-refractivity contribution < 1.29 is 19.2 Å². The van der Waals surface area contributed by atoms with E-state index >= 15 is 0 Å². The number of nitrogens with zero attached hydrogens (tertiary/aromatic N) is 1. The van der Waals surface area contributed by atoms with Crippen LogP contribution in [0.5, 0.6) is 0 Å². The average Bonchev–Trinajstić information content (AvgIpc) is 2.82. The quantitative estimate of drug-likeness (QED) is 0.203. The van der Waals surface area contributed by atoms with Crippen molar-refractivity contribution in [3.63, 3.8) is 0 Å². The molecule has 0 fully saturated rings. The van der Waals surface area contributed by atoms with Gasteiger partial charge in [0.1, 0.15) is 0 Å². The summed E-state index contributed by atoms with van der Waals surface area (Å²) in [4.78, 5) is 48.8. The van der Waals surface area contributed by atoms with Crippen LogP contribution in [0, 0.1) is 23.7 Å². The molecule has 39 heavy (non-hydrogen) atoms. The minimum Gasteiger partial charge on any atom is -0.356 e. The Kier molecular flexibility index (Phi) is 26.3. The molecule has 0 rings (SSSR count). The highest BCUT2D eigenvalue weighted by atomic mass is 16.2. The molecule has 0 aromatic heterocycles. The largest absolute Gasteiger partial charge is 0.356 e. The number of amides is 4. The predicted octanol–water partition coefficient (Wildman–Crippen LogP) is 3.97. The lowest BCUT2D eigenvalue weighted by molar-refractivity contribution is -0.128. The number of hydrogen-bond acceptors (Lipinski definition) is 5. The lowest BCUT2D eigenvalue weighted by atomic mass is 9.87. The summed E-state index contributed by atoms with van der Waals surface area (Å²) in [5, 5.41) is 11.3. The molecule has 9 nitrogen and oxygen atoms in total. The predicted molar refractivity (Wildman–Crippen MR) is 163 cm³/mol. The molecule has 0 saturated carbocycles. The second-order valence-corrected chi connectivity index (χ2v) is 11.4. The van der Waals surface area contributed by atoms with E-state index in [-0.39, 0.29) is 43.0 Å². The van der Waals surface area contributed by atoms with Crippen molar-refractivity contribution in [2.75, 3.05) is 40.3 Å². The van der Waals surface area contributed by atoms with Gasteiger partial charge < -0.3 is 21.3 Å². The zero-order chi connectivity index (χ0) is 29.7.